The van der Waals surface area contributed by atoms with E-state index in [4.69, 9.17) is 0 Å². The average molecular weight is 200 g/mol. The molecule has 0 aliphatic heterocycles. The van der Waals surface area contributed by atoms with Gasteiger partial charge in [0.1, 0.15) is 5.75 Å². The molecule has 0 saturated carbocycles. The molecule has 1 aromatic carbocycles. The number of rotatable bonds is 0. The zero-order valence-corrected chi connectivity index (χ0v) is 7.74. The first-order valence-corrected chi connectivity index (χ1v) is 4.58. The first-order chi connectivity index (χ1) is 7.25. The van der Waals surface area contributed by atoms with E-state index in [1.165, 1.54) is 6.07 Å². The van der Waals surface area contributed by atoms with Crippen molar-refractivity contribution in [3.8, 4) is 5.75 Å². The number of hydrogen-bond acceptors (Lipinski definition) is 2. The number of pyridine rings is 1. The molecule has 0 radical (unpaired) electrons. The Labute approximate surface area is 84.2 Å². The second-order valence-electron chi connectivity index (χ2n) is 3.45. The minimum absolute atomic E-state index is 0.147. The standard InChI is InChI=1S/C11H8N2O2/c14-9-3-1-2-6-7-4-10(15)12-5-8(7)13-11(6)9/h1-5,13-14H,(H,12,15). The third-order valence-electron chi connectivity index (χ3n) is 2.52. The molecule has 3 aromatic rings. The zero-order chi connectivity index (χ0) is 10.4. The van der Waals surface area contributed by atoms with Crippen molar-refractivity contribution in [3.63, 3.8) is 0 Å². The fourth-order valence-corrected chi connectivity index (χ4v) is 1.83. The topological polar surface area (TPSA) is 68.9 Å². The SMILES string of the molecule is O=c1cc2c(c[nH]1)[nH]c1c(O)cccc12. The highest BCUT2D eigenvalue weighted by Crippen LogP contribution is 2.29. The van der Waals surface area contributed by atoms with Crippen LogP contribution in [0.15, 0.2) is 35.3 Å². The summed E-state index contributed by atoms with van der Waals surface area (Å²) in [5, 5.41) is 11.3. The van der Waals surface area contributed by atoms with Crippen LogP contribution in [0.25, 0.3) is 21.8 Å². The van der Waals surface area contributed by atoms with Gasteiger partial charge in [0.2, 0.25) is 5.56 Å². The number of aromatic nitrogens is 2. The van der Waals surface area contributed by atoms with E-state index < -0.39 is 0 Å². The molecular formula is C11H8N2O2. The minimum atomic E-state index is -0.147. The summed E-state index contributed by atoms with van der Waals surface area (Å²) < 4.78 is 0. The second kappa shape index (κ2) is 2.63. The second-order valence-corrected chi connectivity index (χ2v) is 3.45. The molecule has 0 atom stereocenters. The molecular weight excluding hydrogens is 192 g/mol. The highest BCUT2D eigenvalue weighted by molar-refractivity contribution is 6.08. The monoisotopic (exact) mass is 200 g/mol. The van der Waals surface area contributed by atoms with Gasteiger partial charge in [-0.05, 0) is 6.07 Å². The molecule has 0 bridgehead atoms. The van der Waals surface area contributed by atoms with E-state index >= 15 is 0 Å². The molecule has 74 valence electrons. The number of benzene rings is 1. The van der Waals surface area contributed by atoms with Gasteiger partial charge < -0.3 is 15.1 Å². The molecule has 0 aliphatic rings. The summed E-state index contributed by atoms with van der Waals surface area (Å²) in [6, 6.07) is 6.76. The van der Waals surface area contributed by atoms with Gasteiger partial charge in [-0.1, -0.05) is 12.1 Å². The largest absolute Gasteiger partial charge is 0.506 e. The molecule has 4 heteroatoms. The van der Waals surface area contributed by atoms with Gasteiger partial charge >= 0.3 is 0 Å². The summed E-state index contributed by atoms with van der Waals surface area (Å²) in [6.45, 7) is 0. The van der Waals surface area contributed by atoms with Crippen molar-refractivity contribution >= 4 is 21.8 Å². The number of phenolic OH excluding ortho intramolecular Hbond substituents is 1. The van der Waals surface area contributed by atoms with E-state index in [0.717, 1.165) is 16.3 Å². The van der Waals surface area contributed by atoms with Crippen LogP contribution in [0.2, 0.25) is 0 Å². The van der Waals surface area contributed by atoms with Crippen LogP contribution in [0, 0.1) is 0 Å². The highest BCUT2D eigenvalue weighted by Gasteiger charge is 2.06. The highest BCUT2D eigenvalue weighted by atomic mass is 16.3. The first kappa shape index (κ1) is 8.11. The zero-order valence-electron chi connectivity index (χ0n) is 7.74. The van der Waals surface area contributed by atoms with Crippen molar-refractivity contribution in [1.82, 2.24) is 9.97 Å². The molecule has 3 rings (SSSR count). The summed E-state index contributed by atoms with van der Waals surface area (Å²) in [5.74, 6) is 0.191. The van der Waals surface area contributed by atoms with Crippen molar-refractivity contribution in [3.05, 3.63) is 40.8 Å². The Kier molecular flexibility index (Phi) is 1.42. The van der Waals surface area contributed by atoms with E-state index in [0.29, 0.717) is 5.52 Å². The third kappa shape index (κ3) is 1.05. The van der Waals surface area contributed by atoms with Crippen LogP contribution >= 0.6 is 0 Å². The Morgan fingerprint density at radius 2 is 2.07 bits per heavy atom. The number of para-hydroxylation sites is 1. The van der Waals surface area contributed by atoms with Gasteiger partial charge in [-0.15, -0.1) is 0 Å². The normalized spacial score (nSPS) is 11.2. The maximum Gasteiger partial charge on any atom is 0.248 e. The van der Waals surface area contributed by atoms with Gasteiger partial charge in [-0.2, -0.15) is 0 Å². The average Bonchev–Trinajstić information content (AvgIpc) is 2.58. The van der Waals surface area contributed by atoms with Gasteiger partial charge in [-0.3, -0.25) is 4.79 Å². The summed E-state index contributed by atoms with van der Waals surface area (Å²) in [6.07, 6.45) is 1.61. The van der Waals surface area contributed by atoms with Gasteiger partial charge in [0, 0.05) is 23.0 Å². The van der Waals surface area contributed by atoms with Crippen LogP contribution in [0.1, 0.15) is 0 Å². The van der Waals surface area contributed by atoms with Crippen molar-refractivity contribution in [2.24, 2.45) is 0 Å². The van der Waals surface area contributed by atoms with Crippen LogP contribution in [-0.4, -0.2) is 15.1 Å². The number of aromatic amines is 2. The minimum Gasteiger partial charge on any atom is -0.506 e. The Balaban J connectivity index is 2.64. The summed E-state index contributed by atoms with van der Waals surface area (Å²) >= 11 is 0. The molecule has 4 nitrogen and oxygen atoms in total. The lowest BCUT2D eigenvalue weighted by Gasteiger charge is -1.92. The molecule has 0 saturated heterocycles. The molecule has 15 heavy (non-hydrogen) atoms. The molecule has 0 aliphatic carbocycles. The smallest absolute Gasteiger partial charge is 0.248 e. The molecule has 0 unspecified atom stereocenters. The fourth-order valence-electron chi connectivity index (χ4n) is 1.83. The number of phenols is 1. The maximum absolute atomic E-state index is 11.2. The number of H-pyrrole nitrogens is 2. The lowest BCUT2D eigenvalue weighted by Crippen LogP contribution is -2.00. The van der Waals surface area contributed by atoms with Gasteiger partial charge in [-0.25, -0.2) is 0 Å². The predicted octanol–water partition coefficient (Wildman–Crippen LogP) is 1.71. The summed E-state index contributed by atoms with van der Waals surface area (Å²) in [7, 11) is 0. The number of fused-ring (bicyclic) bond motifs is 3. The fraction of sp³-hybridized carbons (Fsp3) is 0. The van der Waals surface area contributed by atoms with Crippen LogP contribution in [0.4, 0.5) is 0 Å². The number of nitrogens with one attached hydrogen (secondary N) is 2. The molecule has 0 amide bonds. The van der Waals surface area contributed by atoms with E-state index in [2.05, 4.69) is 9.97 Å². The van der Waals surface area contributed by atoms with Crippen LogP contribution in [-0.2, 0) is 0 Å². The third-order valence-corrected chi connectivity index (χ3v) is 2.52. The molecule has 2 aromatic heterocycles. The van der Waals surface area contributed by atoms with E-state index in [9.17, 15) is 9.90 Å². The Morgan fingerprint density at radius 3 is 2.93 bits per heavy atom. The maximum atomic E-state index is 11.2. The van der Waals surface area contributed by atoms with Crippen molar-refractivity contribution in [1.29, 1.82) is 0 Å². The molecule has 2 heterocycles. The molecule has 3 N–H and O–H groups in total. The molecule has 0 fully saturated rings. The lowest BCUT2D eigenvalue weighted by molar-refractivity contribution is 0.480. The van der Waals surface area contributed by atoms with Crippen LogP contribution in [0.3, 0.4) is 0 Å². The van der Waals surface area contributed by atoms with Gasteiger partial charge in [0.15, 0.2) is 0 Å². The summed E-state index contributed by atoms with van der Waals surface area (Å²) in [4.78, 5) is 16.8. The number of hydrogen-bond donors (Lipinski definition) is 3. The van der Waals surface area contributed by atoms with Gasteiger partial charge in [0.25, 0.3) is 0 Å². The Bertz CT molecular complexity index is 709. The van der Waals surface area contributed by atoms with E-state index in [1.807, 2.05) is 6.07 Å². The first-order valence-electron chi connectivity index (χ1n) is 4.58. The Hall–Kier alpha value is -2.23. The van der Waals surface area contributed by atoms with Gasteiger partial charge in [0.05, 0.1) is 11.0 Å². The van der Waals surface area contributed by atoms with Crippen molar-refractivity contribution in [2.75, 3.05) is 0 Å². The van der Waals surface area contributed by atoms with Crippen molar-refractivity contribution in [2.45, 2.75) is 0 Å². The quantitative estimate of drug-likeness (QED) is 0.517. The van der Waals surface area contributed by atoms with Crippen LogP contribution < -0.4 is 5.56 Å². The Morgan fingerprint density at radius 1 is 1.20 bits per heavy atom. The van der Waals surface area contributed by atoms with E-state index in [1.54, 1.807) is 18.3 Å². The predicted molar refractivity (Wildman–Crippen MR) is 58.1 cm³/mol. The van der Waals surface area contributed by atoms with Crippen LogP contribution in [0.5, 0.6) is 5.75 Å². The van der Waals surface area contributed by atoms with Crippen molar-refractivity contribution < 1.29 is 5.11 Å². The lowest BCUT2D eigenvalue weighted by atomic mass is 10.2. The number of aromatic hydroxyl groups is 1. The molecule has 0 spiro atoms. The summed E-state index contributed by atoms with van der Waals surface area (Å²) in [5.41, 5.74) is 1.32. The van der Waals surface area contributed by atoms with E-state index in [-0.39, 0.29) is 11.3 Å².